The highest BCUT2D eigenvalue weighted by Gasteiger charge is 2.19. The van der Waals surface area contributed by atoms with E-state index in [4.69, 9.17) is 14.2 Å². The molecular weight excluding hydrogens is 420 g/mol. The minimum Gasteiger partial charge on any atom is -0.469 e. The average Bonchev–Trinajstić information content (AvgIpc) is 2.83. The zero-order valence-corrected chi connectivity index (χ0v) is 18.8. The van der Waals surface area contributed by atoms with E-state index in [1.807, 2.05) is 54.6 Å². The predicted octanol–water partition coefficient (Wildman–Crippen LogP) is 4.29. The normalized spacial score (nSPS) is 11.0. The Kier molecular flexibility index (Phi) is 6.27. The van der Waals surface area contributed by atoms with Gasteiger partial charge in [-0.15, -0.1) is 0 Å². The zero-order chi connectivity index (χ0) is 23.5. The Labute approximate surface area is 191 Å². The molecule has 0 heterocycles. The summed E-state index contributed by atoms with van der Waals surface area (Å²) < 4.78 is 14.8. The van der Waals surface area contributed by atoms with Crippen LogP contribution < -0.4 is 0 Å². The number of carbonyl (C=O) groups is 3. The molecule has 0 aliphatic heterocycles. The topological polar surface area (TPSA) is 78.9 Å². The summed E-state index contributed by atoms with van der Waals surface area (Å²) in [7, 11) is 4.09. The summed E-state index contributed by atoms with van der Waals surface area (Å²) in [6.45, 7) is 0. The van der Waals surface area contributed by atoms with Gasteiger partial charge in [0.2, 0.25) is 0 Å². The molecule has 0 bridgehead atoms. The van der Waals surface area contributed by atoms with Crippen molar-refractivity contribution >= 4 is 50.2 Å². The molecule has 0 N–H and O–H groups in total. The highest BCUT2D eigenvalue weighted by atomic mass is 16.5. The monoisotopic (exact) mass is 444 g/mol. The second kappa shape index (κ2) is 9.28. The van der Waals surface area contributed by atoms with Gasteiger partial charge in [0.25, 0.3) is 0 Å². The van der Waals surface area contributed by atoms with Crippen LogP contribution >= 0.6 is 0 Å². The Hall–Kier alpha value is -3.93. The first-order valence-electron chi connectivity index (χ1n) is 10.6. The fraction of sp³-hybridized carbons (Fsp3) is 0.222. The van der Waals surface area contributed by atoms with Crippen LogP contribution in [0.2, 0.25) is 0 Å². The van der Waals surface area contributed by atoms with Crippen molar-refractivity contribution < 1.29 is 28.6 Å². The molecule has 0 spiro atoms. The van der Waals surface area contributed by atoms with E-state index in [1.165, 1.54) is 21.3 Å². The smallest absolute Gasteiger partial charge is 0.310 e. The average molecular weight is 444 g/mol. The number of carbonyl (C=O) groups excluding carboxylic acids is 3. The lowest BCUT2D eigenvalue weighted by Crippen LogP contribution is -2.08. The zero-order valence-electron chi connectivity index (χ0n) is 18.8. The molecule has 0 aromatic heterocycles. The molecule has 4 aromatic carbocycles. The van der Waals surface area contributed by atoms with Crippen LogP contribution in [-0.2, 0) is 47.9 Å². The van der Waals surface area contributed by atoms with Crippen molar-refractivity contribution in [2.24, 2.45) is 0 Å². The number of hydrogen-bond donors (Lipinski definition) is 0. The van der Waals surface area contributed by atoms with E-state index >= 15 is 0 Å². The Morgan fingerprint density at radius 3 is 1.03 bits per heavy atom. The van der Waals surface area contributed by atoms with E-state index in [9.17, 15) is 14.4 Å². The van der Waals surface area contributed by atoms with Crippen LogP contribution in [0.3, 0.4) is 0 Å². The van der Waals surface area contributed by atoms with Crippen LogP contribution in [0.5, 0.6) is 0 Å². The number of rotatable bonds is 6. The summed E-state index contributed by atoms with van der Waals surface area (Å²) in [4.78, 5) is 36.5. The molecule has 4 aromatic rings. The number of benzene rings is 4. The van der Waals surface area contributed by atoms with Gasteiger partial charge in [0.1, 0.15) is 0 Å². The van der Waals surface area contributed by atoms with Gasteiger partial charge < -0.3 is 14.2 Å². The van der Waals surface area contributed by atoms with E-state index in [1.54, 1.807) is 0 Å². The third-order valence-electron chi connectivity index (χ3n) is 5.95. The molecule has 6 heteroatoms. The summed E-state index contributed by atoms with van der Waals surface area (Å²) >= 11 is 0. The summed E-state index contributed by atoms with van der Waals surface area (Å²) in [5.74, 6) is -1.03. The minimum absolute atomic E-state index is 0.106. The number of ether oxygens (including phenoxy) is 3. The van der Waals surface area contributed by atoms with Gasteiger partial charge in [-0.3, -0.25) is 14.4 Å². The fourth-order valence-corrected chi connectivity index (χ4v) is 4.50. The maximum atomic E-state index is 12.2. The van der Waals surface area contributed by atoms with Gasteiger partial charge in [0.15, 0.2) is 0 Å². The lowest BCUT2D eigenvalue weighted by atomic mass is 9.86. The van der Waals surface area contributed by atoms with Gasteiger partial charge in [0.05, 0.1) is 40.6 Å². The van der Waals surface area contributed by atoms with E-state index in [2.05, 4.69) is 0 Å². The molecular formula is C27H24O6. The molecule has 168 valence electrons. The van der Waals surface area contributed by atoms with Crippen LogP contribution in [0, 0.1) is 0 Å². The Morgan fingerprint density at radius 2 is 0.788 bits per heavy atom. The highest BCUT2D eigenvalue weighted by molar-refractivity contribution is 6.28. The lowest BCUT2D eigenvalue weighted by Gasteiger charge is -2.18. The lowest BCUT2D eigenvalue weighted by molar-refractivity contribution is -0.140. The van der Waals surface area contributed by atoms with Crippen LogP contribution in [0.1, 0.15) is 16.7 Å². The fourth-order valence-electron chi connectivity index (χ4n) is 4.50. The molecule has 0 aliphatic carbocycles. The van der Waals surface area contributed by atoms with Crippen LogP contribution in [0.15, 0.2) is 54.6 Å². The van der Waals surface area contributed by atoms with Gasteiger partial charge in [-0.05, 0) is 49.0 Å². The number of esters is 3. The Morgan fingerprint density at radius 1 is 0.515 bits per heavy atom. The third-order valence-corrected chi connectivity index (χ3v) is 5.95. The van der Waals surface area contributed by atoms with Crippen molar-refractivity contribution in [1.82, 2.24) is 0 Å². The summed E-state index contributed by atoms with van der Waals surface area (Å²) in [5, 5.41) is 5.47. The first-order chi connectivity index (χ1) is 16.0. The van der Waals surface area contributed by atoms with Crippen LogP contribution in [0.25, 0.3) is 32.3 Å². The Balaban J connectivity index is 2.19. The Bertz CT molecular complexity index is 1200. The SMILES string of the molecule is COC(=O)Cc1cccc2c1c1cccc(CC(=O)OC)c1c1cccc(CC(=O)OC)c21. The van der Waals surface area contributed by atoms with E-state index in [-0.39, 0.29) is 37.2 Å². The maximum absolute atomic E-state index is 12.2. The quantitative estimate of drug-likeness (QED) is 0.251. The molecule has 0 amide bonds. The maximum Gasteiger partial charge on any atom is 0.310 e. The van der Waals surface area contributed by atoms with Crippen LogP contribution in [0.4, 0.5) is 0 Å². The van der Waals surface area contributed by atoms with Gasteiger partial charge in [0, 0.05) is 0 Å². The van der Waals surface area contributed by atoms with Crippen molar-refractivity contribution in [3.63, 3.8) is 0 Å². The molecule has 0 atom stereocenters. The standard InChI is InChI=1S/C27H24O6/c1-31-22(28)13-16-7-4-10-19-25(16)20-11-5-8-17(14-23(29)32-2)27(20)21-12-6-9-18(26(19)21)15-24(30)33-3/h4-12H,13-15H2,1-3H3. The number of fused-ring (bicyclic) bond motifs is 6. The molecule has 33 heavy (non-hydrogen) atoms. The molecule has 0 saturated heterocycles. The third kappa shape index (κ3) is 4.12. The molecule has 0 radical (unpaired) electrons. The van der Waals surface area contributed by atoms with Crippen molar-refractivity contribution in [3.05, 3.63) is 71.3 Å². The van der Waals surface area contributed by atoms with E-state index < -0.39 is 0 Å². The second-order valence-electron chi connectivity index (χ2n) is 7.78. The van der Waals surface area contributed by atoms with Crippen molar-refractivity contribution in [1.29, 1.82) is 0 Å². The van der Waals surface area contributed by atoms with Crippen LogP contribution in [-0.4, -0.2) is 39.2 Å². The molecule has 0 saturated carbocycles. The highest BCUT2D eigenvalue weighted by Crippen LogP contribution is 2.40. The van der Waals surface area contributed by atoms with Crippen molar-refractivity contribution in [3.8, 4) is 0 Å². The van der Waals surface area contributed by atoms with Gasteiger partial charge >= 0.3 is 17.9 Å². The van der Waals surface area contributed by atoms with Crippen molar-refractivity contribution in [2.75, 3.05) is 21.3 Å². The van der Waals surface area contributed by atoms with Gasteiger partial charge in [-0.1, -0.05) is 54.6 Å². The molecule has 0 aliphatic rings. The number of methoxy groups -OCH3 is 3. The van der Waals surface area contributed by atoms with Gasteiger partial charge in [-0.2, -0.15) is 0 Å². The predicted molar refractivity (Wildman–Crippen MR) is 126 cm³/mol. The second-order valence-corrected chi connectivity index (χ2v) is 7.78. The molecule has 0 fully saturated rings. The minimum atomic E-state index is -0.343. The van der Waals surface area contributed by atoms with Crippen molar-refractivity contribution in [2.45, 2.75) is 19.3 Å². The summed E-state index contributed by atoms with van der Waals surface area (Å²) in [6, 6.07) is 17.4. The number of hydrogen-bond acceptors (Lipinski definition) is 6. The van der Waals surface area contributed by atoms with E-state index in [0.29, 0.717) is 0 Å². The molecule has 0 unspecified atom stereocenters. The summed E-state index contributed by atoms with van der Waals surface area (Å²) in [6.07, 6.45) is 0.318. The summed E-state index contributed by atoms with van der Waals surface area (Å²) in [5.41, 5.74) is 2.44. The van der Waals surface area contributed by atoms with Gasteiger partial charge in [-0.25, -0.2) is 0 Å². The van der Waals surface area contributed by atoms with E-state index in [0.717, 1.165) is 49.0 Å². The largest absolute Gasteiger partial charge is 0.469 e. The first kappa shape index (κ1) is 22.3. The molecule has 6 nitrogen and oxygen atoms in total. The molecule has 4 rings (SSSR count). The first-order valence-corrected chi connectivity index (χ1v) is 10.6.